The lowest BCUT2D eigenvalue weighted by molar-refractivity contribution is -0.133. The van der Waals surface area contributed by atoms with Crippen molar-refractivity contribution in [3.63, 3.8) is 0 Å². The van der Waals surface area contributed by atoms with Crippen molar-refractivity contribution >= 4 is 17.7 Å². The summed E-state index contributed by atoms with van der Waals surface area (Å²) in [7, 11) is 0. The predicted octanol–water partition coefficient (Wildman–Crippen LogP) is 2.40. The van der Waals surface area contributed by atoms with Crippen molar-refractivity contribution in [3.8, 4) is 0 Å². The Kier molecular flexibility index (Phi) is 4.22. The molecule has 0 atom stereocenters. The molecule has 0 aromatic rings. The first-order valence-corrected chi connectivity index (χ1v) is 8.54. The Bertz CT molecular complexity index is 332. The summed E-state index contributed by atoms with van der Waals surface area (Å²) >= 11 is 2.01. The highest BCUT2D eigenvalue weighted by molar-refractivity contribution is 7.99. The van der Waals surface area contributed by atoms with Gasteiger partial charge in [-0.15, -0.1) is 0 Å². The fourth-order valence-corrected chi connectivity index (χ4v) is 5.19. The van der Waals surface area contributed by atoms with Crippen molar-refractivity contribution in [2.24, 2.45) is 22.5 Å². The van der Waals surface area contributed by atoms with Gasteiger partial charge in [-0.3, -0.25) is 4.79 Å². The molecule has 0 aromatic heterocycles. The van der Waals surface area contributed by atoms with Crippen molar-refractivity contribution in [2.45, 2.75) is 59.0 Å². The molecule has 0 bridgehead atoms. The van der Waals surface area contributed by atoms with E-state index in [4.69, 9.17) is 5.73 Å². The number of amides is 1. The van der Waals surface area contributed by atoms with Crippen LogP contribution in [0.2, 0.25) is 0 Å². The monoisotopic (exact) mass is 284 g/mol. The van der Waals surface area contributed by atoms with Crippen LogP contribution in [0.4, 0.5) is 0 Å². The Balaban J connectivity index is 1.88. The van der Waals surface area contributed by atoms with E-state index in [1.807, 2.05) is 11.8 Å². The number of hydrogen-bond acceptors (Lipinski definition) is 3. The summed E-state index contributed by atoms with van der Waals surface area (Å²) in [5.74, 6) is 3.23. The zero-order valence-corrected chi connectivity index (χ0v) is 13.5. The summed E-state index contributed by atoms with van der Waals surface area (Å²) in [4.78, 5) is 12.2. The van der Waals surface area contributed by atoms with E-state index in [0.717, 1.165) is 0 Å². The van der Waals surface area contributed by atoms with Crippen molar-refractivity contribution in [3.05, 3.63) is 0 Å². The molecule has 2 fully saturated rings. The molecule has 0 unspecified atom stereocenters. The summed E-state index contributed by atoms with van der Waals surface area (Å²) in [5.41, 5.74) is 6.23. The highest BCUT2D eigenvalue weighted by Gasteiger charge is 2.60. The summed E-state index contributed by atoms with van der Waals surface area (Å²) < 4.78 is 0. The second-order valence-electron chi connectivity index (χ2n) is 7.38. The number of carbonyl (C=O) groups is 1. The maximum absolute atomic E-state index is 12.2. The SMILES string of the molecule is CC1(C)C(N)C(C)(C)C1NC(=O)CC1CCSCC1. The van der Waals surface area contributed by atoms with Crippen molar-refractivity contribution in [2.75, 3.05) is 11.5 Å². The second kappa shape index (κ2) is 5.28. The maximum Gasteiger partial charge on any atom is 0.220 e. The third kappa shape index (κ3) is 2.80. The van der Waals surface area contributed by atoms with Gasteiger partial charge in [-0.1, -0.05) is 27.7 Å². The van der Waals surface area contributed by atoms with E-state index in [1.54, 1.807) is 0 Å². The smallest absolute Gasteiger partial charge is 0.220 e. The lowest BCUT2D eigenvalue weighted by atomic mass is 9.48. The maximum atomic E-state index is 12.2. The van der Waals surface area contributed by atoms with Gasteiger partial charge in [0.15, 0.2) is 0 Å². The Morgan fingerprint density at radius 2 is 1.74 bits per heavy atom. The molecule has 19 heavy (non-hydrogen) atoms. The van der Waals surface area contributed by atoms with Gasteiger partial charge in [0.25, 0.3) is 0 Å². The van der Waals surface area contributed by atoms with Crippen LogP contribution in [-0.4, -0.2) is 29.5 Å². The van der Waals surface area contributed by atoms with E-state index in [0.29, 0.717) is 12.3 Å². The van der Waals surface area contributed by atoms with E-state index in [-0.39, 0.29) is 28.8 Å². The van der Waals surface area contributed by atoms with Gasteiger partial charge in [0, 0.05) is 29.3 Å². The van der Waals surface area contributed by atoms with Crippen LogP contribution in [0.25, 0.3) is 0 Å². The van der Waals surface area contributed by atoms with Gasteiger partial charge in [-0.05, 0) is 30.3 Å². The molecule has 0 radical (unpaired) electrons. The number of carbonyl (C=O) groups excluding carboxylic acids is 1. The van der Waals surface area contributed by atoms with Crippen LogP contribution in [0.3, 0.4) is 0 Å². The molecule has 1 aliphatic heterocycles. The summed E-state index contributed by atoms with van der Waals surface area (Å²) in [6, 6.07) is 0.344. The summed E-state index contributed by atoms with van der Waals surface area (Å²) in [6.07, 6.45) is 3.07. The molecule has 3 nitrogen and oxygen atoms in total. The molecule has 2 rings (SSSR count). The van der Waals surface area contributed by atoms with Crippen LogP contribution in [0.5, 0.6) is 0 Å². The van der Waals surface area contributed by atoms with Crippen LogP contribution >= 0.6 is 11.8 Å². The van der Waals surface area contributed by atoms with Crippen LogP contribution in [0, 0.1) is 16.7 Å². The molecule has 1 saturated carbocycles. The quantitative estimate of drug-likeness (QED) is 0.837. The van der Waals surface area contributed by atoms with E-state index >= 15 is 0 Å². The average Bonchev–Trinajstić information content (AvgIpc) is 2.36. The number of rotatable bonds is 3. The molecule has 4 heteroatoms. The topological polar surface area (TPSA) is 55.1 Å². The zero-order valence-electron chi connectivity index (χ0n) is 12.7. The number of nitrogens with one attached hydrogen (secondary N) is 1. The minimum Gasteiger partial charge on any atom is -0.352 e. The lowest BCUT2D eigenvalue weighted by Gasteiger charge is -2.63. The largest absolute Gasteiger partial charge is 0.352 e. The Labute approximate surface area is 121 Å². The fraction of sp³-hybridized carbons (Fsp3) is 0.933. The molecule has 2 aliphatic rings. The van der Waals surface area contributed by atoms with E-state index in [2.05, 4.69) is 33.0 Å². The zero-order chi connectivity index (χ0) is 14.3. The van der Waals surface area contributed by atoms with E-state index < -0.39 is 0 Å². The molecule has 110 valence electrons. The van der Waals surface area contributed by atoms with Gasteiger partial charge in [0.05, 0.1) is 0 Å². The summed E-state index contributed by atoms with van der Waals surface area (Å²) in [5, 5.41) is 3.25. The first-order valence-electron chi connectivity index (χ1n) is 7.39. The molecule has 1 heterocycles. The molecular formula is C15H28N2OS. The van der Waals surface area contributed by atoms with E-state index in [1.165, 1.54) is 24.3 Å². The van der Waals surface area contributed by atoms with Gasteiger partial charge in [0.2, 0.25) is 5.91 Å². The average molecular weight is 284 g/mol. The van der Waals surface area contributed by atoms with Crippen molar-refractivity contribution in [1.82, 2.24) is 5.32 Å². The minimum absolute atomic E-state index is 0.00156. The standard InChI is InChI=1S/C15H28N2OS/c1-14(2)12(16)15(3,4)13(14)17-11(18)9-10-5-7-19-8-6-10/h10,12-13H,5-9,16H2,1-4H3,(H,17,18). The Morgan fingerprint density at radius 3 is 2.26 bits per heavy atom. The highest BCUT2D eigenvalue weighted by atomic mass is 32.2. The van der Waals surface area contributed by atoms with Crippen LogP contribution in [-0.2, 0) is 4.79 Å². The van der Waals surface area contributed by atoms with Gasteiger partial charge in [0.1, 0.15) is 0 Å². The molecule has 3 N–H and O–H groups in total. The lowest BCUT2D eigenvalue weighted by Crippen LogP contribution is -2.76. The first-order chi connectivity index (χ1) is 8.76. The molecular weight excluding hydrogens is 256 g/mol. The van der Waals surface area contributed by atoms with Gasteiger partial charge in [-0.25, -0.2) is 0 Å². The molecule has 0 aromatic carbocycles. The van der Waals surface area contributed by atoms with E-state index in [9.17, 15) is 4.79 Å². The molecule has 1 amide bonds. The minimum atomic E-state index is 0.00156. The predicted molar refractivity (Wildman–Crippen MR) is 82.1 cm³/mol. The number of nitrogens with two attached hydrogens (primary N) is 1. The Morgan fingerprint density at radius 1 is 1.21 bits per heavy atom. The van der Waals surface area contributed by atoms with Crippen LogP contribution in [0.15, 0.2) is 0 Å². The molecule has 1 saturated heterocycles. The second-order valence-corrected chi connectivity index (χ2v) is 8.61. The number of thioether (sulfide) groups is 1. The first kappa shape index (κ1) is 15.2. The van der Waals surface area contributed by atoms with Gasteiger partial charge >= 0.3 is 0 Å². The highest BCUT2D eigenvalue weighted by Crippen LogP contribution is 2.52. The van der Waals surface area contributed by atoms with Crippen LogP contribution < -0.4 is 11.1 Å². The van der Waals surface area contributed by atoms with Crippen molar-refractivity contribution in [1.29, 1.82) is 0 Å². The van der Waals surface area contributed by atoms with Gasteiger partial charge < -0.3 is 11.1 Å². The fourth-order valence-electron chi connectivity index (χ4n) is 3.99. The van der Waals surface area contributed by atoms with Crippen molar-refractivity contribution < 1.29 is 4.79 Å². The Hall–Kier alpha value is -0.220. The number of hydrogen-bond donors (Lipinski definition) is 2. The van der Waals surface area contributed by atoms with Gasteiger partial charge in [-0.2, -0.15) is 11.8 Å². The third-order valence-corrected chi connectivity index (χ3v) is 6.26. The van der Waals surface area contributed by atoms with Crippen LogP contribution in [0.1, 0.15) is 47.0 Å². The summed E-state index contributed by atoms with van der Waals surface area (Å²) in [6.45, 7) is 8.63. The third-order valence-electron chi connectivity index (χ3n) is 5.21. The normalized spacial score (nSPS) is 33.5. The molecule has 1 aliphatic carbocycles. The molecule has 0 spiro atoms.